The van der Waals surface area contributed by atoms with Gasteiger partial charge in [-0.25, -0.2) is 3.63 Å². The third kappa shape index (κ3) is 5.64. The van der Waals surface area contributed by atoms with Crippen molar-refractivity contribution in [3.63, 3.8) is 0 Å². The van der Waals surface area contributed by atoms with Crippen LogP contribution in [0.1, 0.15) is 0 Å². The van der Waals surface area contributed by atoms with Crippen LogP contribution in [0.5, 0.6) is 0 Å². The maximum Gasteiger partial charge on any atom is 0.164 e. The van der Waals surface area contributed by atoms with E-state index in [1.165, 1.54) is 0 Å². The summed E-state index contributed by atoms with van der Waals surface area (Å²) in [4.78, 5) is 0. The van der Waals surface area contributed by atoms with Crippen LogP contribution in [0.25, 0.3) is 0 Å². The molecule has 0 heterocycles. The molecule has 0 saturated heterocycles. The van der Waals surface area contributed by atoms with Crippen molar-refractivity contribution in [2.24, 2.45) is 0 Å². The highest BCUT2D eigenvalue weighted by Crippen LogP contribution is 2.09. The summed E-state index contributed by atoms with van der Waals surface area (Å²) in [5.74, 6) is 0. The van der Waals surface area contributed by atoms with Crippen LogP contribution in [-0.4, -0.2) is 0 Å². The molecule has 0 amide bonds. The summed E-state index contributed by atoms with van der Waals surface area (Å²) in [5.41, 5.74) is 0. The summed E-state index contributed by atoms with van der Waals surface area (Å²) in [5, 5.41) is 18.8. The van der Waals surface area contributed by atoms with E-state index in [9.17, 15) is 0 Å². The van der Waals surface area contributed by atoms with Crippen molar-refractivity contribution in [2.75, 3.05) is 0 Å². The zero-order valence-corrected chi connectivity index (χ0v) is 4.75. The predicted octanol–water partition coefficient (Wildman–Crippen LogP) is 1.26. The molecule has 0 radical (unpaired) electrons. The Morgan fingerprint density at radius 1 is 1.14 bits per heavy atom. The minimum absolute atomic E-state index is 0.579. The van der Waals surface area contributed by atoms with E-state index >= 15 is 0 Å². The second-order valence-corrected chi connectivity index (χ2v) is 1.66. The van der Waals surface area contributed by atoms with E-state index in [2.05, 4.69) is 3.63 Å². The van der Waals surface area contributed by atoms with Gasteiger partial charge in [-0.1, -0.05) is 0 Å². The number of nitrogens with zero attached hydrogens (tertiary/aromatic N) is 2. The molecule has 0 aliphatic carbocycles. The Morgan fingerprint density at radius 3 is 1.86 bits per heavy atom. The molecule has 0 aliphatic heterocycles. The van der Waals surface area contributed by atoms with Crippen molar-refractivity contribution in [3.05, 3.63) is 0 Å². The molecule has 3 nitrogen and oxygen atoms in total. The summed E-state index contributed by atoms with van der Waals surface area (Å²) in [7, 11) is 0. The smallest absolute Gasteiger partial charge is 0.164 e. The van der Waals surface area contributed by atoms with Crippen LogP contribution in [-0.2, 0) is 3.63 Å². The summed E-state index contributed by atoms with van der Waals surface area (Å²) < 4.78 is 4.24. The first kappa shape index (κ1) is 6.64. The molecule has 36 valence electrons. The first-order valence-corrected chi connectivity index (χ1v) is 2.67. The molecule has 5 heteroatoms. The summed E-state index contributed by atoms with van der Waals surface area (Å²) in [6, 6.07) is 0. The Bertz CT molecular complexity index is 97.8. The van der Waals surface area contributed by atoms with Crippen LogP contribution >= 0.6 is 24.1 Å². The minimum Gasteiger partial charge on any atom is -0.216 e. The van der Waals surface area contributed by atoms with Gasteiger partial charge >= 0.3 is 0 Å². The SMILES string of the molecule is N#CSOSC#N. The van der Waals surface area contributed by atoms with Crippen molar-refractivity contribution in [2.45, 2.75) is 0 Å². The average molecular weight is 132 g/mol. The van der Waals surface area contributed by atoms with E-state index in [1.54, 1.807) is 10.8 Å². The Hall–Kier alpha value is -0.360. The zero-order valence-electron chi connectivity index (χ0n) is 3.12. The third-order valence-electron chi connectivity index (χ3n) is 0.143. The maximum atomic E-state index is 7.76. The molecule has 0 unspecified atom stereocenters. The minimum atomic E-state index is 0.579. The molecule has 0 fully saturated rings. The molecule has 0 aromatic heterocycles. The molecule has 0 aliphatic rings. The van der Waals surface area contributed by atoms with E-state index in [1.807, 2.05) is 0 Å². The second kappa shape index (κ2) is 5.64. The lowest BCUT2D eigenvalue weighted by molar-refractivity contribution is 0.775. The van der Waals surface area contributed by atoms with E-state index in [0.29, 0.717) is 24.1 Å². The largest absolute Gasteiger partial charge is 0.216 e. The number of hydrogen-bond acceptors (Lipinski definition) is 5. The van der Waals surface area contributed by atoms with Gasteiger partial charge in [-0.15, -0.1) is 0 Å². The molecule has 0 N–H and O–H groups in total. The van der Waals surface area contributed by atoms with Crippen LogP contribution in [0.4, 0.5) is 0 Å². The molecular formula is C2N2OS2. The number of rotatable bonds is 2. The van der Waals surface area contributed by atoms with Gasteiger partial charge in [-0.05, 0) is 0 Å². The topological polar surface area (TPSA) is 56.8 Å². The Kier molecular flexibility index (Phi) is 5.35. The second-order valence-electron chi connectivity index (χ2n) is 0.417. The average Bonchev–Trinajstić information content (AvgIpc) is 1.69. The monoisotopic (exact) mass is 132 g/mol. The van der Waals surface area contributed by atoms with Crippen LogP contribution in [0, 0.1) is 21.3 Å². The van der Waals surface area contributed by atoms with Crippen molar-refractivity contribution < 1.29 is 3.63 Å². The van der Waals surface area contributed by atoms with Gasteiger partial charge in [0, 0.05) is 0 Å². The van der Waals surface area contributed by atoms with E-state index < -0.39 is 0 Å². The van der Waals surface area contributed by atoms with Gasteiger partial charge in [0.1, 0.15) is 24.1 Å². The van der Waals surface area contributed by atoms with Crippen LogP contribution in [0.2, 0.25) is 0 Å². The number of nitriles is 2. The van der Waals surface area contributed by atoms with Gasteiger partial charge < -0.3 is 0 Å². The molecule has 7 heavy (non-hydrogen) atoms. The van der Waals surface area contributed by atoms with Crippen molar-refractivity contribution in [1.82, 2.24) is 0 Å². The van der Waals surface area contributed by atoms with Gasteiger partial charge in [0.25, 0.3) is 0 Å². The molecule has 0 aromatic carbocycles. The van der Waals surface area contributed by atoms with Crippen LogP contribution < -0.4 is 0 Å². The highest BCUT2D eigenvalue weighted by atomic mass is 32.2. The lowest BCUT2D eigenvalue weighted by Gasteiger charge is -1.76. The fraction of sp³-hybridized carbons (Fsp3) is 0. The van der Waals surface area contributed by atoms with Crippen LogP contribution in [0.3, 0.4) is 0 Å². The highest BCUT2D eigenvalue weighted by Gasteiger charge is 1.80. The fourth-order valence-electron chi connectivity index (χ4n) is 0.0474. The van der Waals surface area contributed by atoms with Gasteiger partial charge in [0.2, 0.25) is 0 Å². The van der Waals surface area contributed by atoms with Gasteiger partial charge in [0.05, 0.1) is 0 Å². The van der Waals surface area contributed by atoms with E-state index in [4.69, 9.17) is 10.5 Å². The first-order valence-electron chi connectivity index (χ1n) is 1.19. The van der Waals surface area contributed by atoms with Gasteiger partial charge in [-0.3, -0.25) is 0 Å². The normalized spacial score (nSPS) is 6.57. The van der Waals surface area contributed by atoms with Crippen molar-refractivity contribution in [3.8, 4) is 10.8 Å². The van der Waals surface area contributed by atoms with Crippen molar-refractivity contribution >= 4 is 24.1 Å². The fourth-order valence-corrected chi connectivity index (χ4v) is 0.427. The van der Waals surface area contributed by atoms with Crippen molar-refractivity contribution in [1.29, 1.82) is 10.5 Å². The number of hydrogen-bond donors (Lipinski definition) is 0. The van der Waals surface area contributed by atoms with Crippen LogP contribution in [0.15, 0.2) is 0 Å². The lowest BCUT2D eigenvalue weighted by Crippen LogP contribution is -1.51. The molecule has 0 rings (SSSR count). The highest BCUT2D eigenvalue weighted by molar-refractivity contribution is 8.12. The third-order valence-corrected chi connectivity index (χ3v) is 0.836. The molecule has 0 spiro atoms. The van der Waals surface area contributed by atoms with E-state index in [0.717, 1.165) is 0 Å². The molecule has 0 bridgehead atoms. The van der Waals surface area contributed by atoms with Gasteiger partial charge in [-0.2, -0.15) is 10.5 Å². The zero-order chi connectivity index (χ0) is 5.54. The molecule has 0 aromatic rings. The predicted molar refractivity (Wildman–Crippen MR) is 27.5 cm³/mol. The maximum absolute atomic E-state index is 7.76. The lowest BCUT2D eigenvalue weighted by atomic mass is 11.8. The molecular weight excluding hydrogens is 132 g/mol. The Balaban J connectivity index is 2.77. The molecule has 0 atom stereocenters. The first-order chi connectivity index (χ1) is 3.41. The molecule has 0 saturated carbocycles. The quantitative estimate of drug-likeness (QED) is 0.321. The Morgan fingerprint density at radius 2 is 1.57 bits per heavy atom. The summed E-state index contributed by atoms with van der Waals surface area (Å²) in [6.07, 6.45) is 0. The van der Waals surface area contributed by atoms with E-state index in [-0.39, 0.29) is 0 Å². The van der Waals surface area contributed by atoms with Gasteiger partial charge in [0.15, 0.2) is 10.8 Å². The number of thiocyanates is 2. The standard InChI is InChI=1S/C2N2OS2/c3-1-6-5-7-2-4. The summed E-state index contributed by atoms with van der Waals surface area (Å²) in [6.45, 7) is 0. The Labute approximate surface area is 49.7 Å². The summed E-state index contributed by atoms with van der Waals surface area (Å²) >= 11 is 1.16.